The van der Waals surface area contributed by atoms with Gasteiger partial charge in [0.25, 0.3) is 0 Å². The Kier molecular flexibility index (Phi) is 3.86. The number of carbonyl (C=O) groups is 4. The number of carboxylic acids is 1. The van der Waals surface area contributed by atoms with Gasteiger partial charge in [0.15, 0.2) is 0 Å². The fraction of sp³-hybridized carbons (Fsp3) is 0.714. The van der Waals surface area contributed by atoms with Gasteiger partial charge in [-0.3, -0.25) is 24.1 Å². The van der Waals surface area contributed by atoms with Gasteiger partial charge in [-0.15, -0.1) is 0 Å². The lowest BCUT2D eigenvalue weighted by Gasteiger charge is -2.17. The molecule has 120 valence electrons. The topological polar surface area (TPSA) is 113 Å². The number of nitrogens with zero attached hydrogens (tertiary/aromatic N) is 1. The number of nitrogens with one attached hydrogen (secondary N) is 1. The summed E-state index contributed by atoms with van der Waals surface area (Å²) in [5.41, 5.74) is 0. The van der Waals surface area contributed by atoms with E-state index in [9.17, 15) is 19.2 Å². The van der Waals surface area contributed by atoms with Gasteiger partial charge in [0.05, 0.1) is 30.5 Å². The number of amides is 3. The number of hydrogen-bond acceptors (Lipinski definition) is 5. The van der Waals surface area contributed by atoms with E-state index in [0.717, 1.165) is 12.8 Å². The molecule has 4 unspecified atom stereocenters. The second-order valence-corrected chi connectivity index (χ2v) is 5.91. The van der Waals surface area contributed by atoms with E-state index in [0.29, 0.717) is 0 Å². The van der Waals surface area contributed by atoms with E-state index in [1.165, 1.54) is 4.90 Å². The number of fused-ring (bicyclic) bond motifs is 5. The minimum absolute atomic E-state index is 0.00721. The predicted octanol–water partition coefficient (Wildman–Crippen LogP) is -0.870. The molecule has 0 saturated carbocycles. The monoisotopic (exact) mass is 310 g/mol. The molecule has 2 N–H and O–H groups in total. The van der Waals surface area contributed by atoms with E-state index in [1.807, 2.05) is 0 Å². The van der Waals surface area contributed by atoms with Crippen molar-refractivity contribution in [3.8, 4) is 0 Å². The Morgan fingerprint density at radius 2 is 1.73 bits per heavy atom. The van der Waals surface area contributed by atoms with E-state index in [1.54, 1.807) is 0 Å². The molecule has 8 nitrogen and oxygen atoms in total. The van der Waals surface area contributed by atoms with Crippen molar-refractivity contribution in [2.24, 2.45) is 11.8 Å². The van der Waals surface area contributed by atoms with E-state index >= 15 is 0 Å². The number of carbonyl (C=O) groups excluding carboxylic acids is 3. The molecule has 22 heavy (non-hydrogen) atoms. The number of ether oxygens (including phenoxy) is 1. The van der Waals surface area contributed by atoms with Crippen molar-refractivity contribution in [2.45, 2.75) is 37.9 Å². The normalized spacial score (nSPS) is 32.5. The molecular formula is C14H18N2O6. The zero-order valence-corrected chi connectivity index (χ0v) is 12.0. The minimum atomic E-state index is -0.992. The molecule has 0 radical (unpaired) electrons. The van der Waals surface area contributed by atoms with Crippen LogP contribution in [0.25, 0.3) is 0 Å². The summed E-state index contributed by atoms with van der Waals surface area (Å²) in [6, 6.07) is 0. The third-order valence-electron chi connectivity index (χ3n) is 4.60. The van der Waals surface area contributed by atoms with Crippen LogP contribution < -0.4 is 5.32 Å². The Morgan fingerprint density at radius 1 is 1.14 bits per heavy atom. The fourth-order valence-electron chi connectivity index (χ4n) is 3.60. The highest BCUT2D eigenvalue weighted by Crippen LogP contribution is 2.48. The molecule has 8 heteroatoms. The lowest BCUT2D eigenvalue weighted by atomic mass is 9.81. The van der Waals surface area contributed by atoms with Crippen molar-refractivity contribution >= 4 is 23.7 Å². The van der Waals surface area contributed by atoms with Crippen LogP contribution in [0.5, 0.6) is 0 Å². The smallest absolute Gasteiger partial charge is 0.305 e. The van der Waals surface area contributed by atoms with Gasteiger partial charge in [0.1, 0.15) is 0 Å². The molecule has 3 fully saturated rings. The van der Waals surface area contributed by atoms with Gasteiger partial charge < -0.3 is 15.2 Å². The van der Waals surface area contributed by atoms with Crippen molar-refractivity contribution in [3.63, 3.8) is 0 Å². The third-order valence-corrected chi connectivity index (χ3v) is 4.60. The van der Waals surface area contributed by atoms with E-state index < -0.39 is 5.97 Å². The maximum Gasteiger partial charge on any atom is 0.305 e. The van der Waals surface area contributed by atoms with Gasteiger partial charge in [-0.1, -0.05) is 0 Å². The van der Waals surface area contributed by atoms with Crippen molar-refractivity contribution in [1.82, 2.24) is 10.2 Å². The van der Waals surface area contributed by atoms with Gasteiger partial charge in [-0.2, -0.15) is 0 Å². The number of aliphatic carboxylic acids is 1. The molecule has 3 saturated heterocycles. The molecule has 0 aromatic carbocycles. The lowest BCUT2D eigenvalue weighted by molar-refractivity contribution is -0.143. The quantitative estimate of drug-likeness (QED) is 0.617. The largest absolute Gasteiger partial charge is 0.481 e. The van der Waals surface area contributed by atoms with Crippen molar-refractivity contribution in [1.29, 1.82) is 0 Å². The van der Waals surface area contributed by atoms with Crippen LogP contribution in [0.15, 0.2) is 0 Å². The van der Waals surface area contributed by atoms with Crippen molar-refractivity contribution in [2.75, 3.05) is 13.1 Å². The molecule has 0 aliphatic carbocycles. The molecule has 4 atom stereocenters. The zero-order chi connectivity index (χ0) is 15.9. The first-order valence-corrected chi connectivity index (χ1v) is 7.48. The number of likely N-dealkylation sites (tertiary alicyclic amines) is 1. The van der Waals surface area contributed by atoms with Crippen LogP contribution >= 0.6 is 0 Å². The summed E-state index contributed by atoms with van der Waals surface area (Å²) in [7, 11) is 0. The molecule has 3 aliphatic rings. The first kappa shape index (κ1) is 15.0. The van der Waals surface area contributed by atoms with E-state index in [4.69, 9.17) is 9.84 Å². The molecular weight excluding hydrogens is 292 g/mol. The molecule has 0 spiro atoms. The van der Waals surface area contributed by atoms with E-state index in [-0.39, 0.29) is 67.7 Å². The molecule has 0 aromatic rings. The fourth-order valence-corrected chi connectivity index (χ4v) is 3.60. The first-order valence-electron chi connectivity index (χ1n) is 7.48. The first-order chi connectivity index (χ1) is 10.5. The van der Waals surface area contributed by atoms with Crippen molar-refractivity contribution < 1.29 is 29.0 Å². The lowest BCUT2D eigenvalue weighted by Crippen LogP contribution is -2.37. The average Bonchev–Trinajstić information content (AvgIpc) is 3.12. The Balaban J connectivity index is 1.51. The Labute approximate surface area is 126 Å². The molecule has 2 bridgehead atoms. The highest BCUT2D eigenvalue weighted by Gasteiger charge is 2.62. The maximum atomic E-state index is 12.3. The highest BCUT2D eigenvalue weighted by atomic mass is 16.5. The maximum absolute atomic E-state index is 12.3. The Morgan fingerprint density at radius 3 is 2.27 bits per heavy atom. The number of hydrogen-bond donors (Lipinski definition) is 2. The summed E-state index contributed by atoms with van der Waals surface area (Å²) in [5.74, 6) is -2.57. The van der Waals surface area contributed by atoms with Gasteiger partial charge in [0.2, 0.25) is 17.7 Å². The molecule has 3 aliphatic heterocycles. The highest BCUT2D eigenvalue weighted by molar-refractivity contribution is 6.06. The molecule has 3 heterocycles. The van der Waals surface area contributed by atoms with Crippen LogP contribution in [0.3, 0.4) is 0 Å². The Bertz CT molecular complexity index is 505. The second-order valence-electron chi connectivity index (χ2n) is 5.91. The molecule has 3 rings (SSSR count). The summed E-state index contributed by atoms with van der Waals surface area (Å²) in [6.07, 6.45) is 1.16. The van der Waals surface area contributed by atoms with Crippen LogP contribution in [0.1, 0.15) is 25.7 Å². The summed E-state index contributed by atoms with van der Waals surface area (Å²) in [6.45, 7) is 0.0856. The van der Waals surface area contributed by atoms with Gasteiger partial charge >= 0.3 is 5.97 Å². The average molecular weight is 310 g/mol. The van der Waals surface area contributed by atoms with Gasteiger partial charge in [-0.05, 0) is 12.8 Å². The van der Waals surface area contributed by atoms with Gasteiger partial charge in [-0.25, -0.2) is 0 Å². The second kappa shape index (κ2) is 5.68. The SMILES string of the molecule is O=C(O)CCNC(=O)CCN1C(=O)C2C3CCC(O3)C2C1=O. The van der Waals surface area contributed by atoms with Gasteiger partial charge in [0, 0.05) is 19.5 Å². The van der Waals surface area contributed by atoms with Crippen LogP contribution in [0.4, 0.5) is 0 Å². The van der Waals surface area contributed by atoms with Crippen LogP contribution in [0.2, 0.25) is 0 Å². The zero-order valence-electron chi connectivity index (χ0n) is 12.0. The summed E-state index contributed by atoms with van der Waals surface area (Å²) in [4.78, 5) is 47.8. The molecule has 0 aromatic heterocycles. The summed E-state index contributed by atoms with van der Waals surface area (Å²) < 4.78 is 5.63. The Hall–Kier alpha value is -1.96. The predicted molar refractivity (Wildman–Crippen MR) is 71.5 cm³/mol. The summed E-state index contributed by atoms with van der Waals surface area (Å²) >= 11 is 0. The minimum Gasteiger partial charge on any atom is -0.481 e. The van der Waals surface area contributed by atoms with Crippen LogP contribution in [-0.4, -0.2) is 59.0 Å². The molecule has 3 amide bonds. The standard InChI is InChI=1S/C14H18N2O6/c17-9(15-5-3-10(18)19)4-6-16-13(20)11-7-1-2-8(22-7)12(11)14(16)21/h7-8,11-12H,1-6H2,(H,15,17)(H,18,19). The third kappa shape index (κ3) is 2.47. The number of imide groups is 1. The summed E-state index contributed by atoms with van der Waals surface area (Å²) in [5, 5.41) is 10.9. The number of rotatable bonds is 6. The van der Waals surface area contributed by atoms with Crippen LogP contribution in [0, 0.1) is 11.8 Å². The van der Waals surface area contributed by atoms with E-state index in [2.05, 4.69) is 5.32 Å². The van der Waals surface area contributed by atoms with Crippen molar-refractivity contribution in [3.05, 3.63) is 0 Å². The number of carboxylic acid groups (broad SMARTS) is 1. The van der Waals surface area contributed by atoms with Crippen LogP contribution in [-0.2, 0) is 23.9 Å².